The summed E-state index contributed by atoms with van der Waals surface area (Å²) in [5, 5.41) is 0. The summed E-state index contributed by atoms with van der Waals surface area (Å²) in [5.74, 6) is 0.980. The van der Waals surface area contributed by atoms with Crippen molar-refractivity contribution in [2.24, 2.45) is 4.99 Å². The van der Waals surface area contributed by atoms with E-state index >= 15 is 0 Å². The number of morpholine rings is 1. The van der Waals surface area contributed by atoms with Gasteiger partial charge in [-0.2, -0.15) is 0 Å². The van der Waals surface area contributed by atoms with Crippen molar-refractivity contribution in [3.8, 4) is 5.88 Å². The number of hydrogen-bond acceptors (Lipinski definition) is 7. The van der Waals surface area contributed by atoms with Gasteiger partial charge in [0.25, 0.3) is 0 Å². The van der Waals surface area contributed by atoms with E-state index in [0.717, 1.165) is 37.3 Å². The van der Waals surface area contributed by atoms with Crippen LogP contribution in [0.15, 0.2) is 29.5 Å². The van der Waals surface area contributed by atoms with Crippen LogP contribution in [0.3, 0.4) is 0 Å². The highest BCUT2D eigenvalue weighted by molar-refractivity contribution is 6.16. The summed E-state index contributed by atoms with van der Waals surface area (Å²) in [6, 6.07) is 3.91. The van der Waals surface area contributed by atoms with Gasteiger partial charge in [0.15, 0.2) is 0 Å². The molecule has 0 aliphatic carbocycles. The second kappa shape index (κ2) is 8.04. The number of ether oxygens (including phenoxy) is 3. The third kappa shape index (κ3) is 3.70. The topological polar surface area (TPSA) is 69.1 Å². The standard InChI is InChI=1S/C21H23FN4O3/c22-17-13-25-21(29-15-2-7-27-8-3-15)19-16(17)12-24-20(19)14-1-4-23-18(11-14)26-5-9-28-10-6-26/h1,4,11,13,15H,2-3,5-10,12H2. The molecule has 7 nitrogen and oxygen atoms in total. The number of rotatable bonds is 4. The Bertz CT molecular complexity index is 924. The van der Waals surface area contributed by atoms with Crippen LogP contribution in [0.1, 0.15) is 29.5 Å². The van der Waals surface area contributed by atoms with Crippen molar-refractivity contribution >= 4 is 11.5 Å². The van der Waals surface area contributed by atoms with E-state index in [9.17, 15) is 4.39 Å². The molecule has 0 aromatic carbocycles. The average molecular weight is 398 g/mol. The van der Waals surface area contributed by atoms with Gasteiger partial charge < -0.3 is 19.1 Å². The smallest absolute Gasteiger partial charge is 0.223 e. The molecule has 2 fully saturated rings. The number of halogens is 1. The number of pyridine rings is 2. The van der Waals surface area contributed by atoms with Gasteiger partial charge in [0.2, 0.25) is 5.88 Å². The van der Waals surface area contributed by atoms with Gasteiger partial charge in [-0.3, -0.25) is 4.99 Å². The molecule has 2 aromatic heterocycles. The minimum absolute atomic E-state index is 0.0222. The van der Waals surface area contributed by atoms with E-state index in [0.29, 0.717) is 55.7 Å². The lowest BCUT2D eigenvalue weighted by atomic mass is 10.0. The number of fused-ring (bicyclic) bond motifs is 1. The van der Waals surface area contributed by atoms with Gasteiger partial charge in [0, 0.05) is 43.3 Å². The van der Waals surface area contributed by atoms with Crippen LogP contribution in [0, 0.1) is 5.82 Å². The first-order valence-electron chi connectivity index (χ1n) is 10.1. The summed E-state index contributed by atoms with van der Waals surface area (Å²) < 4.78 is 31.5. The van der Waals surface area contributed by atoms with E-state index in [2.05, 4.69) is 19.9 Å². The van der Waals surface area contributed by atoms with E-state index in [1.54, 1.807) is 6.20 Å². The molecule has 0 amide bonds. The quantitative estimate of drug-likeness (QED) is 0.788. The fourth-order valence-corrected chi connectivity index (χ4v) is 3.95. The van der Waals surface area contributed by atoms with Gasteiger partial charge in [-0.15, -0.1) is 0 Å². The highest BCUT2D eigenvalue weighted by Gasteiger charge is 2.29. The Hall–Kier alpha value is -2.58. The summed E-state index contributed by atoms with van der Waals surface area (Å²) in [5.41, 5.74) is 2.81. The second-order valence-electron chi connectivity index (χ2n) is 7.36. The van der Waals surface area contributed by atoms with Crippen LogP contribution in [0.25, 0.3) is 0 Å². The Morgan fingerprint density at radius 1 is 1.07 bits per heavy atom. The van der Waals surface area contributed by atoms with Crippen LogP contribution in [0.5, 0.6) is 5.88 Å². The van der Waals surface area contributed by atoms with E-state index in [1.165, 1.54) is 6.20 Å². The Morgan fingerprint density at radius 2 is 1.86 bits per heavy atom. The molecule has 2 saturated heterocycles. The Kier molecular flexibility index (Phi) is 5.12. The number of anilines is 1. The van der Waals surface area contributed by atoms with Crippen molar-refractivity contribution in [2.45, 2.75) is 25.5 Å². The molecule has 2 aromatic rings. The van der Waals surface area contributed by atoms with E-state index in [-0.39, 0.29) is 11.9 Å². The summed E-state index contributed by atoms with van der Waals surface area (Å²) >= 11 is 0. The Labute approximate surface area is 168 Å². The summed E-state index contributed by atoms with van der Waals surface area (Å²) in [4.78, 5) is 15.6. The number of aromatic nitrogens is 2. The van der Waals surface area contributed by atoms with Crippen molar-refractivity contribution in [3.05, 3.63) is 47.0 Å². The third-order valence-corrected chi connectivity index (χ3v) is 5.53. The van der Waals surface area contributed by atoms with Crippen molar-refractivity contribution < 1.29 is 18.6 Å². The van der Waals surface area contributed by atoms with Gasteiger partial charge in [0.1, 0.15) is 17.7 Å². The van der Waals surface area contributed by atoms with Gasteiger partial charge in [-0.25, -0.2) is 14.4 Å². The molecular formula is C21H23FN4O3. The van der Waals surface area contributed by atoms with Crippen LogP contribution < -0.4 is 9.64 Å². The molecule has 8 heteroatoms. The molecular weight excluding hydrogens is 375 g/mol. The van der Waals surface area contributed by atoms with Crippen LogP contribution in [0.4, 0.5) is 10.2 Å². The zero-order valence-electron chi connectivity index (χ0n) is 16.1. The molecule has 0 radical (unpaired) electrons. The van der Waals surface area contributed by atoms with E-state index < -0.39 is 0 Å². The molecule has 0 N–H and O–H groups in total. The van der Waals surface area contributed by atoms with Crippen LogP contribution in [-0.4, -0.2) is 61.3 Å². The van der Waals surface area contributed by atoms with E-state index in [1.807, 2.05) is 12.1 Å². The fraction of sp³-hybridized carbons (Fsp3) is 0.476. The number of nitrogens with zero attached hydrogens (tertiary/aromatic N) is 4. The first kappa shape index (κ1) is 18.4. The maximum absolute atomic E-state index is 14.5. The summed E-state index contributed by atoms with van der Waals surface area (Å²) in [6.07, 6.45) is 4.63. The zero-order valence-corrected chi connectivity index (χ0v) is 16.1. The summed E-state index contributed by atoms with van der Waals surface area (Å²) in [7, 11) is 0. The van der Waals surface area contributed by atoms with Crippen molar-refractivity contribution in [2.75, 3.05) is 44.4 Å². The first-order valence-corrected chi connectivity index (χ1v) is 10.1. The second-order valence-corrected chi connectivity index (χ2v) is 7.36. The summed E-state index contributed by atoms with van der Waals surface area (Å²) in [6.45, 7) is 4.60. The molecule has 0 bridgehead atoms. The van der Waals surface area contributed by atoms with Crippen LogP contribution in [0.2, 0.25) is 0 Å². The molecule has 0 atom stereocenters. The predicted octanol–water partition coefficient (Wildman–Crippen LogP) is 2.36. The van der Waals surface area contributed by atoms with Crippen LogP contribution >= 0.6 is 0 Å². The maximum atomic E-state index is 14.5. The highest BCUT2D eigenvalue weighted by Crippen LogP contribution is 2.33. The van der Waals surface area contributed by atoms with Crippen molar-refractivity contribution in [1.29, 1.82) is 0 Å². The molecule has 0 saturated carbocycles. The third-order valence-electron chi connectivity index (χ3n) is 5.53. The lowest BCUT2D eigenvalue weighted by Gasteiger charge is -2.28. The van der Waals surface area contributed by atoms with Gasteiger partial charge >= 0.3 is 0 Å². The van der Waals surface area contributed by atoms with Gasteiger partial charge in [-0.05, 0) is 12.1 Å². The minimum atomic E-state index is -0.347. The lowest BCUT2D eigenvalue weighted by molar-refractivity contribution is 0.0236. The van der Waals surface area contributed by atoms with Crippen LogP contribution in [-0.2, 0) is 16.0 Å². The zero-order chi connectivity index (χ0) is 19.6. The molecule has 5 heterocycles. The minimum Gasteiger partial charge on any atom is -0.474 e. The highest BCUT2D eigenvalue weighted by atomic mass is 19.1. The van der Waals surface area contributed by atoms with Crippen molar-refractivity contribution in [3.63, 3.8) is 0 Å². The largest absolute Gasteiger partial charge is 0.474 e. The number of hydrogen-bond donors (Lipinski definition) is 0. The molecule has 3 aliphatic rings. The van der Waals surface area contributed by atoms with Gasteiger partial charge in [-0.1, -0.05) is 0 Å². The predicted molar refractivity (Wildman–Crippen MR) is 105 cm³/mol. The SMILES string of the molecule is Fc1cnc(OC2CCOCC2)c2c1CN=C2c1ccnc(N2CCOCC2)c1. The molecule has 152 valence electrons. The normalized spacial score (nSPS) is 19.8. The van der Waals surface area contributed by atoms with Gasteiger partial charge in [0.05, 0.1) is 50.4 Å². The molecule has 5 rings (SSSR count). The van der Waals surface area contributed by atoms with Crippen molar-refractivity contribution in [1.82, 2.24) is 9.97 Å². The lowest BCUT2D eigenvalue weighted by Crippen LogP contribution is -2.36. The molecule has 0 spiro atoms. The molecule has 0 unspecified atom stereocenters. The monoisotopic (exact) mass is 398 g/mol. The fourth-order valence-electron chi connectivity index (χ4n) is 3.95. The average Bonchev–Trinajstić information content (AvgIpc) is 3.24. The number of aliphatic imine (C=N–C) groups is 1. The first-order chi connectivity index (χ1) is 14.3. The molecule has 29 heavy (non-hydrogen) atoms. The maximum Gasteiger partial charge on any atom is 0.223 e. The Balaban J connectivity index is 1.47. The van der Waals surface area contributed by atoms with E-state index in [4.69, 9.17) is 14.2 Å². The molecule has 3 aliphatic heterocycles. The Morgan fingerprint density at radius 3 is 2.69 bits per heavy atom.